The molecular weight excluding hydrogens is 376 g/mol. The highest BCUT2D eigenvalue weighted by molar-refractivity contribution is 5.79. The number of carbonyl (C=O) groups excluding carboxylic acids is 2. The summed E-state index contributed by atoms with van der Waals surface area (Å²) in [5.41, 5.74) is 5.13. The minimum Gasteiger partial charge on any atom is -0.465 e. The molecule has 27 heavy (non-hydrogen) atoms. The van der Waals surface area contributed by atoms with E-state index >= 15 is 4.39 Å². The summed E-state index contributed by atoms with van der Waals surface area (Å²) in [6.07, 6.45) is -10.7. The molecule has 1 aliphatic rings. The standard InChI is InChI=1S/C14H23F2N3O8/c1-5(21)19-8-10(9(23)6(22)3-20)27-14(16,13(24)25-2)12(15)11(8)26-4-7(17)18/h6,8-12,20,22-23H,3-4H2,1-2H3,(H3,17,18)(H,19,21)/t6-,8+,9-,10-,11-,12+,14+/m1/s1. The molecule has 0 spiro atoms. The SMILES string of the molecule is COC(=O)[C@@]1(F)O[C@@H]([C@H](O)[C@H](O)CO)[C@H](NC(C)=O)[C@@H](OCC(=N)N)[C@@H]1F. The number of hydrogen-bond donors (Lipinski definition) is 6. The van der Waals surface area contributed by atoms with Gasteiger partial charge in [0.15, 0.2) is 6.17 Å². The summed E-state index contributed by atoms with van der Waals surface area (Å²) in [5.74, 6) is -6.87. The van der Waals surface area contributed by atoms with Crippen LogP contribution in [0.15, 0.2) is 0 Å². The van der Waals surface area contributed by atoms with Gasteiger partial charge in [0.25, 0.3) is 0 Å². The van der Waals surface area contributed by atoms with Crippen LogP contribution in [0.3, 0.4) is 0 Å². The minimum absolute atomic E-state index is 0.565. The lowest BCUT2D eigenvalue weighted by molar-refractivity contribution is -0.298. The van der Waals surface area contributed by atoms with Gasteiger partial charge >= 0.3 is 11.8 Å². The van der Waals surface area contributed by atoms with Gasteiger partial charge in [0.2, 0.25) is 5.91 Å². The zero-order valence-corrected chi connectivity index (χ0v) is 14.6. The van der Waals surface area contributed by atoms with Gasteiger partial charge in [-0.2, -0.15) is 4.39 Å². The molecule has 1 amide bonds. The third-order valence-corrected chi connectivity index (χ3v) is 3.84. The molecule has 0 aromatic carbocycles. The molecular formula is C14H23F2N3O8. The third kappa shape index (κ3) is 5.07. The molecule has 1 fully saturated rings. The van der Waals surface area contributed by atoms with Crippen molar-refractivity contribution in [3.05, 3.63) is 0 Å². The number of carbonyl (C=O) groups is 2. The Labute approximate surface area is 152 Å². The van der Waals surface area contributed by atoms with Crippen molar-refractivity contribution in [2.24, 2.45) is 5.73 Å². The monoisotopic (exact) mass is 399 g/mol. The van der Waals surface area contributed by atoms with Crippen molar-refractivity contribution in [2.45, 2.75) is 49.4 Å². The number of alkyl halides is 2. The number of amidine groups is 1. The summed E-state index contributed by atoms with van der Waals surface area (Å²) in [7, 11) is 0.763. The molecule has 0 radical (unpaired) electrons. The molecule has 1 rings (SSSR count). The molecule has 11 nitrogen and oxygen atoms in total. The first kappa shape index (κ1) is 23.1. The Morgan fingerprint density at radius 2 is 2.04 bits per heavy atom. The number of halogens is 2. The number of esters is 1. The van der Waals surface area contributed by atoms with Crippen molar-refractivity contribution in [1.29, 1.82) is 5.41 Å². The molecule has 0 aromatic rings. The van der Waals surface area contributed by atoms with Gasteiger partial charge in [-0.15, -0.1) is 0 Å². The summed E-state index contributed by atoms with van der Waals surface area (Å²) >= 11 is 0. The Morgan fingerprint density at radius 1 is 1.44 bits per heavy atom. The number of rotatable bonds is 8. The van der Waals surface area contributed by atoms with Crippen LogP contribution in [0.25, 0.3) is 0 Å². The number of ether oxygens (including phenoxy) is 3. The first-order valence-electron chi connectivity index (χ1n) is 7.77. The number of nitrogens with one attached hydrogen (secondary N) is 2. The van der Waals surface area contributed by atoms with Gasteiger partial charge in [-0.25, -0.2) is 9.18 Å². The van der Waals surface area contributed by atoms with Crippen molar-refractivity contribution >= 4 is 17.7 Å². The summed E-state index contributed by atoms with van der Waals surface area (Å²) in [6.45, 7) is -0.647. The Morgan fingerprint density at radius 3 is 2.48 bits per heavy atom. The Hall–Kier alpha value is -1.93. The quantitative estimate of drug-likeness (QED) is 0.142. The van der Waals surface area contributed by atoms with E-state index in [2.05, 4.69) is 10.1 Å². The highest BCUT2D eigenvalue weighted by Gasteiger charge is 2.64. The predicted molar refractivity (Wildman–Crippen MR) is 84.0 cm³/mol. The van der Waals surface area contributed by atoms with Gasteiger partial charge in [-0.05, 0) is 0 Å². The zero-order valence-electron chi connectivity index (χ0n) is 14.6. The maximum absolute atomic E-state index is 15.0. The second-order valence-corrected chi connectivity index (χ2v) is 5.89. The number of hydrogen-bond acceptors (Lipinski definition) is 9. The number of nitrogens with two attached hydrogens (primary N) is 1. The lowest BCUT2D eigenvalue weighted by atomic mass is 9.87. The molecule has 1 heterocycles. The average molecular weight is 399 g/mol. The minimum atomic E-state index is -3.76. The van der Waals surface area contributed by atoms with Gasteiger partial charge in [0.05, 0.1) is 19.8 Å². The second kappa shape index (κ2) is 9.32. The number of amides is 1. The van der Waals surface area contributed by atoms with Crippen LogP contribution in [0.1, 0.15) is 6.92 Å². The second-order valence-electron chi connectivity index (χ2n) is 5.89. The van der Waals surface area contributed by atoms with E-state index in [0.29, 0.717) is 0 Å². The summed E-state index contributed by atoms with van der Waals surface area (Å²) in [6, 6.07) is -1.61. The number of aliphatic hydroxyl groups excluding tert-OH is 3. The van der Waals surface area contributed by atoms with Gasteiger partial charge in [-0.3, -0.25) is 10.2 Å². The molecule has 13 heteroatoms. The molecule has 0 bridgehead atoms. The molecule has 7 N–H and O–H groups in total. The van der Waals surface area contributed by atoms with Crippen molar-refractivity contribution in [3.63, 3.8) is 0 Å². The Bertz CT molecular complexity index is 568. The van der Waals surface area contributed by atoms with Crippen LogP contribution >= 0.6 is 0 Å². The third-order valence-electron chi connectivity index (χ3n) is 3.84. The van der Waals surface area contributed by atoms with Crippen molar-refractivity contribution < 1.29 is 47.9 Å². The summed E-state index contributed by atoms with van der Waals surface area (Å²) in [5, 5.41) is 38.1. The fourth-order valence-corrected chi connectivity index (χ4v) is 2.60. The van der Waals surface area contributed by atoms with Crippen molar-refractivity contribution in [3.8, 4) is 0 Å². The van der Waals surface area contributed by atoms with E-state index in [0.717, 1.165) is 14.0 Å². The molecule has 0 aromatic heterocycles. The maximum Gasteiger partial charge on any atom is 0.375 e. The van der Waals surface area contributed by atoms with Crippen LogP contribution < -0.4 is 11.1 Å². The molecule has 7 atom stereocenters. The summed E-state index contributed by atoms with van der Waals surface area (Å²) in [4.78, 5) is 23.2. The van der Waals surface area contributed by atoms with Crippen LogP contribution in [0, 0.1) is 5.41 Å². The molecule has 156 valence electrons. The van der Waals surface area contributed by atoms with Gasteiger partial charge in [-0.1, -0.05) is 0 Å². The van der Waals surface area contributed by atoms with E-state index in [1.54, 1.807) is 0 Å². The first-order chi connectivity index (χ1) is 12.5. The molecule has 1 saturated heterocycles. The van der Waals surface area contributed by atoms with E-state index in [-0.39, 0.29) is 0 Å². The first-order valence-corrected chi connectivity index (χ1v) is 7.77. The molecule has 0 unspecified atom stereocenters. The van der Waals surface area contributed by atoms with Crippen molar-refractivity contribution in [2.75, 3.05) is 20.3 Å². The molecule has 0 saturated carbocycles. The van der Waals surface area contributed by atoms with E-state index in [1.807, 2.05) is 0 Å². The smallest absolute Gasteiger partial charge is 0.375 e. The lowest BCUT2D eigenvalue weighted by Crippen LogP contribution is -2.72. The van der Waals surface area contributed by atoms with Gasteiger partial charge in [0, 0.05) is 6.92 Å². The average Bonchev–Trinajstić information content (AvgIpc) is 2.61. The van der Waals surface area contributed by atoms with Crippen LogP contribution in [-0.4, -0.2) is 95.8 Å². The van der Waals surface area contributed by atoms with Gasteiger partial charge < -0.3 is 40.6 Å². The van der Waals surface area contributed by atoms with E-state index in [9.17, 15) is 24.2 Å². The number of methoxy groups -OCH3 is 1. The maximum atomic E-state index is 15.0. The fraction of sp³-hybridized carbons (Fsp3) is 0.786. The van der Waals surface area contributed by atoms with Crippen LogP contribution in [0.2, 0.25) is 0 Å². The highest BCUT2D eigenvalue weighted by Crippen LogP contribution is 2.37. The Kier molecular flexibility index (Phi) is 7.98. The highest BCUT2D eigenvalue weighted by atomic mass is 19.2. The van der Waals surface area contributed by atoms with E-state index in [1.165, 1.54) is 0 Å². The van der Waals surface area contributed by atoms with Gasteiger partial charge in [0.1, 0.15) is 36.9 Å². The lowest BCUT2D eigenvalue weighted by Gasteiger charge is -2.47. The van der Waals surface area contributed by atoms with Crippen LogP contribution in [0.5, 0.6) is 0 Å². The largest absolute Gasteiger partial charge is 0.465 e. The number of aliphatic hydroxyl groups is 3. The Balaban J connectivity index is 3.38. The van der Waals surface area contributed by atoms with E-state index < -0.39 is 73.4 Å². The van der Waals surface area contributed by atoms with E-state index in [4.69, 9.17) is 25.7 Å². The van der Waals surface area contributed by atoms with Crippen LogP contribution in [0.4, 0.5) is 8.78 Å². The zero-order chi connectivity index (χ0) is 20.9. The van der Waals surface area contributed by atoms with Crippen molar-refractivity contribution in [1.82, 2.24) is 5.32 Å². The predicted octanol–water partition coefficient (Wildman–Crippen LogP) is -2.90. The fourth-order valence-electron chi connectivity index (χ4n) is 2.60. The topological polar surface area (TPSA) is 184 Å². The summed E-state index contributed by atoms with van der Waals surface area (Å²) < 4.78 is 43.8. The van der Waals surface area contributed by atoms with Crippen LogP contribution in [-0.2, 0) is 23.8 Å². The molecule has 0 aliphatic carbocycles. The molecule has 1 aliphatic heterocycles. The normalized spacial score (nSPS) is 33.0.